The standard InChI is InChI=1S/C14H9ClN2O2/c15-10-2-1-5-17-7-11(16-14(10)17)9-3-4-12-13(6-9)19-8-18-12/h1-7H,8H2. The Labute approximate surface area is 114 Å². The molecule has 3 heterocycles. The van der Waals surface area contributed by atoms with E-state index in [2.05, 4.69) is 4.98 Å². The topological polar surface area (TPSA) is 35.8 Å². The highest BCUT2D eigenvalue weighted by Gasteiger charge is 2.15. The maximum atomic E-state index is 6.12. The summed E-state index contributed by atoms with van der Waals surface area (Å²) < 4.78 is 12.6. The van der Waals surface area contributed by atoms with E-state index in [9.17, 15) is 0 Å². The molecule has 0 fully saturated rings. The van der Waals surface area contributed by atoms with Crippen LogP contribution in [0.1, 0.15) is 0 Å². The zero-order chi connectivity index (χ0) is 12.8. The third kappa shape index (κ3) is 1.64. The first-order valence-corrected chi connectivity index (χ1v) is 6.22. The van der Waals surface area contributed by atoms with Gasteiger partial charge in [0.1, 0.15) is 0 Å². The van der Waals surface area contributed by atoms with Gasteiger partial charge in [-0.05, 0) is 30.3 Å². The van der Waals surface area contributed by atoms with Gasteiger partial charge in [-0.15, -0.1) is 0 Å². The van der Waals surface area contributed by atoms with E-state index in [4.69, 9.17) is 21.1 Å². The molecule has 0 N–H and O–H groups in total. The predicted octanol–water partition coefficient (Wildman–Crippen LogP) is 3.38. The lowest BCUT2D eigenvalue weighted by Crippen LogP contribution is -1.92. The molecule has 5 heteroatoms. The van der Waals surface area contributed by atoms with Crippen LogP contribution in [-0.4, -0.2) is 16.2 Å². The van der Waals surface area contributed by atoms with Crippen LogP contribution in [0.5, 0.6) is 11.5 Å². The van der Waals surface area contributed by atoms with Crippen molar-refractivity contribution in [2.24, 2.45) is 0 Å². The number of benzene rings is 1. The van der Waals surface area contributed by atoms with Crippen LogP contribution in [-0.2, 0) is 0 Å². The van der Waals surface area contributed by atoms with E-state index in [1.165, 1.54) is 0 Å². The molecule has 2 aromatic heterocycles. The van der Waals surface area contributed by atoms with Gasteiger partial charge in [-0.25, -0.2) is 4.98 Å². The number of pyridine rings is 1. The second kappa shape index (κ2) is 3.90. The van der Waals surface area contributed by atoms with Gasteiger partial charge in [0.25, 0.3) is 0 Å². The summed E-state index contributed by atoms with van der Waals surface area (Å²) in [6.07, 6.45) is 3.86. The van der Waals surface area contributed by atoms with Crippen LogP contribution in [0.25, 0.3) is 16.9 Å². The van der Waals surface area contributed by atoms with Crippen molar-refractivity contribution in [3.05, 3.63) is 47.7 Å². The summed E-state index contributed by atoms with van der Waals surface area (Å²) in [4.78, 5) is 4.54. The molecule has 0 amide bonds. The molecule has 0 unspecified atom stereocenters. The molecule has 1 aromatic carbocycles. The zero-order valence-corrected chi connectivity index (χ0v) is 10.6. The molecule has 0 radical (unpaired) electrons. The predicted molar refractivity (Wildman–Crippen MR) is 71.8 cm³/mol. The minimum Gasteiger partial charge on any atom is -0.454 e. The number of nitrogens with zero attached hydrogens (tertiary/aromatic N) is 2. The smallest absolute Gasteiger partial charge is 0.231 e. The minimum atomic E-state index is 0.274. The summed E-state index contributed by atoms with van der Waals surface area (Å²) in [6, 6.07) is 9.50. The van der Waals surface area contributed by atoms with Gasteiger partial charge in [0, 0.05) is 18.0 Å². The van der Waals surface area contributed by atoms with Crippen molar-refractivity contribution >= 4 is 17.2 Å². The fourth-order valence-electron chi connectivity index (χ4n) is 2.17. The minimum absolute atomic E-state index is 0.274. The van der Waals surface area contributed by atoms with Crippen molar-refractivity contribution < 1.29 is 9.47 Å². The summed E-state index contributed by atoms with van der Waals surface area (Å²) in [5.74, 6) is 1.52. The number of fused-ring (bicyclic) bond motifs is 2. The van der Waals surface area contributed by atoms with Crippen molar-refractivity contribution in [2.75, 3.05) is 6.79 Å². The van der Waals surface area contributed by atoms with E-state index in [0.717, 1.165) is 28.4 Å². The summed E-state index contributed by atoms with van der Waals surface area (Å²) in [6.45, 7) is 0.274. The van der Waals surface area contributed by atoms with Crippen molar-refractivity contribution in [3.8, 4) is 22.8 Å². The normalized spacial score (nSPS) is 13.1. The Bertz CT molecular complexity index is 782. The van der Waals surface area contributed by atoms with E-state index >= 15 is 0 Å². The molecule has 0 bridgehead atoms. The third-order valence-electron chi connectivity index (χ3n) is 3.10. The van der Waals surface area contributed by atoms with Gasteiger partial charge >= 0.3 is 0 Å². The molecule has 4 rings (SSSR count). The molecule has 3 aromatic rings. The van der Waals surface area contributed by atoms with Gasteiger partial charge in [0.2, 0.25) is 6.79 Å². The number of hydrogen-bond acceptors (Lipinski definition) is 3. The summed E-state index contributed by atoms with van der Waals surface area (Å²) in [5, 5.41) is 0.634. The quantitative estimate of drug-likeness (QED) is 0.681. The molecule has 1 aliphatic heterocycles. The lowest BCUT2D eigenvalue weighted by atomic mass is 10.1. The molecule has 19 heavy (non-hydrogen) atoms. The van der Waals surface area contributed by atoms with Crippen LogP contribution in [0.3, 0.4) is 0 Å². The number of aromatic nitrogens is 2. The highest BCUT2D eigenvalue weighted by molar-refractivity contribution is 6.33. The first-order chi connectivity index (χ1) is 9.31. The fourth-order valence-corrected chi connectivity index (χ4v) is 2.39. The van der Waals surface area contributed by atoms with Gasteiger partial charge in [-0.3, -0.25) is 0 Å². The van der Waals surface area contributed by atoms with Crippen molar-refractivity contribution in [3.63, 3.8) is 0 Å². The monoisotopic (exact) mass is 272 g/mol. The number of ether oxygens (including phenoxy) is 2. The summed E-state index contributed by atoms with van der Waals surface area (Å²) in [5.41, 5.74) is 2.58. The molecule has 0 saturated heterocycles. The molecule has 0 aliphatic carbocycles. The number of rotatable bonds is 1. The van der Waals surface area contributed by atoms with Gasteiger partial charge in [-0.2, -0.15) is 0 Å². The number of imidazole rings is 1. The summed E-state index contributed by atoms with van der Waals surface area (Å²) in [7, 11) is 0. The zero-order valence-electron chi connectivity index (χ0n) is 9.84. The van der Waals surface area contributed by atoms with Gasteiger partial charge in [-0.1, -0.05) is 11.6 Å². The Kier molecular flexibility index (Phi) is 2.19. The third-order valence-corrected chi connectivity index (χ3v) is 3.40. The van der Waals surface area contributed by atoms with E-state index in [0.29, 0.717) is 5.02 Å². The van der Waals surface area contributed by atoms with E-state index < -0.39 is 0 Å². The Balaban J connectivity index is 1.88. The number of halogens is 1. The lowest BCUT2D eigenvalue weighted by molar-refractivity contribution is 0.174. The molecular formula is C14H9ClN2O2. The van der Waals surface area contributed by atoms with E-state index in [1.54, 1.807) is 0 Å². The second-order valence-electron chi connectivity index (χ2n) is 4.28. The molecule has 0 spiro atoms. The molecule has 94 valence electrons. The van der Waals surface area contributed by atoms with Crippen LogP contribution in [0.4, 0.5) is 0 Å². The molecule has 4 nitrogen and oxygen atoms in total. The van der Waals surface area contributed by atoms with E-state index in [1.807, 2.05) is 47.1 Å². The SMILES string of the molecule is Clc1cccn2cc(-c3ccc4c(c3)OCO4)nc12. The average molecular weight is 273 g/mol. The molecular weight excluding hydrogens is 264 g/mol. The van der Waals surface area contributed by atoms with Crippen LogP contribution < -0.4 is 9.47 Å². The molecule has 1 aliphatic rings. The Morgan fingerprint density at radius 3 is 2.95 bits per heavy atom. The van der Waals surface area contributed by atoms with Crippen LogP contribution in [0.2, 0.25) is 5.02 Å². The highest BCUT2D eigenvalue weighted by Crippen LogP contribution is 2.35. The van der Waals surface area contributed by atoms with Gasteiger partial charge in [0.15, 0.2) is 17.1 Å². The molecule has 0 atom stereocenters. The van der Waals surface area contributed by atoms with Crippen LogP contribution >= 0.6 is 11.6 Å². The maximum Gasteiger partial charge on any atom is 0.231 e. The largest absolute Gasteiger partial charge is 0.454 e. The van der Waals surface area contributed by atoms with Gasteiger partial charge < -0.3 is 13.9 Å². The summed E-state index contributed by atoms with van der Waals surface area (Å²) >= 11 is 6.12. The lowest BCUT2D eigenvalue weighted by Gasteiger charge is -1.98. The Morgan fingerprint density at radius 2 is 2.05 bits per heavy atom. The maximum absolute atomic E-state index is 6.12. The van der Waals surface area contributed by atoms with Crippen LogP contribution in [0.15, 0.2) is 42.7 Å². The second-order valence-corrected chi connectivity index (χ2v) is 4.69. The van der Waals surface area contributed by atoms with Crippen molar-refractivity contribution in [1.82, 2.24) is 9.38 Å². The average Bonchev–Trinajstić information content (AvgIpc) is 3.04. The Hall–Kier alpha value is -2.20. The molecule has 0 saturated carbocycles. The highest BCUT2D eigenvalue weighted by atomic mass is 35.5. The van der Waals surface area contributed by atoms with Crippen molar-refractivity contribution in [2.45, 2.75) is 0 Å². The van der Waals surface area contributed by atoms with Crippen LogP contribution in [0, 0.1) is 0 Å². The first kappa shape index (κ1) is 10.7. The van der Waals surface area contributed by atoms with Gasteiger partial charge in [0.05, 0.1) is 10.7 Å². The number of hydrogen-bond donors (Lipinski definition) is 0. The Morgan fingerprint density at radius 1 is 1.16 bits per heavy atom. The first-order valence-electron chi connectivity index (χ1n) is 5.84. The van der Waals surface area contributed by atoms with Crippen molar-refractivity contribution in [1.29, 1.82) is 0 Å². The fraction of sp³-hybridized carbons (Fsp3) is 0.0714. The van der Waals surface area contributed by atoms with E-state index in [-0.39, 0.29) is 6.79 Å².